The minimum Gasteiger partial charge on any atom is -0.379 e. The molecule has 2 heterocycles. The first kappa shape index (κ1) is 22.5. The van der Waals surface area contributed by atoms with Gasteiger partial charge in [0.15, 0.2) is 5.78 Å². The first-order valence-corrected chi connectivity index (χ1v) is 10.9. The van der Waals surface area contributed by atoms with Crippen LogP contribution in [0, 0.1) is 12.7 Å². The second-order valence-corrected chi connectivity index (χ2v) is 8.45. The number of rotatable bonds is 4. The molecule has 1 unspecified atom stereocenters. The molecule has 32 heavy (non-hydrogen) atoms. The van der Waals surface area contributed by atoms with Crippen molar-refractivity contribution in [3.8, 4) is 0 Å². The van der Waals surface area contributed by atoms with Crippen molar-refractivity contribution in [2.45, 2.75) is 25.9 Å². The zero-order valence-electron chi connectivity index (χ0n) is 17.8. The maximum absolute atomic E-state index is 13.4. The molecule has 2 aliphatic heterocycles. The van der Waals surface area contributed by atoms with Gasteiger partial charge >= 0.3 is 6.03 Å². The lowest BCUT2D eigenvalue weighted by atomic mass is 9.97. The van der Waals surface area contributed by atoms with Crippen LogP contribution in [0.1, 0.15) is 29.2 Å². The van der Waals surface area contributed by atoms with Gasteiger partial charge in [0.05, 0.1) is 19.3 Å². The van der Waals surface area contributed by atoms with Gasteiger partial charge in [-0.15, -0.1) is 0 Å². The van der Waals surface area contributed by atoms with Crippen molar-refractivity contribution in [3.05, 3.63) is 76.2 Å². The Morgan fingerprint density at radius 2 is 1.94 bits per heavy atom. The van der Waals surface area contributed by atoms with Gasteiger partial charge in [-0.1, -0.05) is 23.7 Å². The van der Waals surface area contributed by atoms with Crippen LogP contribution in [0.2, 0.25) is 5.02 Å². The molecular weight excluding hydrogens is 433 g/mol. The Bertz CT molecular complexity index is 1040. The standard InChI is InChI=1S/C24H25ClFN3O3/c1-16-12-21(25)18(15-28-8-10-32-11-9-28)13-22(16)27-24(31)29-7-6-20(30)14-23(29)17-2-4-19(26)5-3-17/h2-7,12-13,23H,8-11,14-15H2,1H3,(H,27,31). The number of nitrogens with zero attached hydrogens (tertiary/aromatic N) is 2. The fourth-order valence-electron chi connectivity index (χ4n) is 3.95. The summed E-state index contributed by atoms with van der Waals surface area (Å²) < 4.78 is 18.8. The number of urea groups is 1. The highest BCUT2D eigenvalue weighted by atomic mass is 35.5. The third-order valence-electron chi connectivity index (χ3n) is 5.77. The summed E-state index contributed by atoms with van der Waals surface area (Å²) in [5, 5.41) is 3.61. The molecule has 168 valence electrons. The Morgan fingerprint density at radius 3 is 2.66 bits per heavy atom. The molecule has 2 aliphatic rings. The summed E-state index contributed by atoms with van der Waals surface area (Å²) in [6.45, 7) is 5.60. The summed E-state index contributed by atoms with van der Waals surface area (Å²) in [4.78, 5) is 28.9. The van der Waals surface area contributed by atoms with Crippen molar-refractivity contribution in [1.29, 1.82) is 0 Å². The maximum atomic E-state index is 13.4. The van der Waals surface area contributed by atoms with Gasteiger partial charge in [-0.3, -0.25) is 14.6 Å². The van der Waals surface area contributed by atoms with Crippen molar-refractivity contribution < 1.29 is 18.7 Å². The predicted octanol–water partition coefficient (Wildman–Crippen LogP) is 4.68. The number of hydrogen-bond donors (Lipinski definition) is 1. The lowest BCUT2D eigenvalue weighted by molar-refractivity contribution is -0.116. The number of nitrogens with one attached hydrogen (secondary N) is 1. The number of benzene rings is 2. The van der Waals surface area contributed by atoms with Crippen molar-refractivity contribution in [1.82, 2.24) is 9.80 Å². The molecule has 0 aliphatic carbocycles. The highest BCUT2D eigenvalue weighted by Gasteiger charge is 2.29. The highest BCUT2D eigenvalue weighted by molar-refractivity contribution is 6.31. The van der Waals surface area contributed by atoms with Crippen molar-refractivity contribution in [2.75, 3.05) is 31.6 Å². The van der Waals surface area contributed by atoms with Crippen molar-refractivity contribution >= 4 is 29.1 Å². The fourth-order valence-corrected chi connectivity index (χ4v) is 4.23. The lowest BCUT2D eigenvalue weighted by Gasteiger charge is -2.31. The molecule has 0 bridgehead atoms. The van der Waals surface area contributed by atoms with Crippen LogP contribution < -0.4 is 5.32 Å². The molecule has 8 heteroatoms. The summed E-state index contributed by atoms with van der Waals surface area (Å²) >= 11 is 6.48. The highest BCUT2D eigenvalue weighted by Crippen LogP contribution is 2.31. The van der Waals surface area contributed by atoms with Crippen LogP contribution in [0.4, 0.5) is 14.9 Å². The summed E-state index contributed by atoms with van der Waals surface area (Å²) in [6, 6.07) is 8.72. The predicted molar refractivity (Wildman–Crippen MR) is 121 cm³/mol. The molecule has 1 saturated heterocycles. The largest absolute Gasteiger partial charge is 0.379 e. The number of ether oxygens (including phenoxy) is 1. The molecule has 2 amide bonds. The van der Waals surface area contributed by atoms with E-state index in [-0.39, 0.29) is 24.1 Å². The third kappa shape index (κ3) is 5.18. The van der Waals surface area contributed by atoms with E-state index in [4.69, 9.17) is 16.3 Å². The number of aryl methyl sites for hydroxylation is 1. The van der Waals surface area contributed by atoms with E-state index >= 15 is 0 Å². The number of amides is 2. The molecule has 0 radical (unpaired) electrons. The fraction of sp³-hybridized carbons (Fsp3) is 0.333. The summed E-state index contributed by atoms with van der Waals surface area (Å²) in [5.74, 6) is -0.453. The van der Waals surface area contributed by atoms with E-state index in [1.54, 1.807) is 12.1 Å². The zero-order valence-corrected chi connectivity index (χ0v) is 18.6. The first-order chi connectivity index (χ1) is 15.4. The number of hydrogen-bond acceptors (Lipinski definition) is 4. The van der Waals surface area contributed by atoms with Crippen molar-refractivity contribution in [3.63, 3.8) is 0 Å². The van der Waals surface area contributed by atoms with E-state index in [2.05, 4.69) is 10.2 Å². The van der Waals surface area contributed by atoms with Crippen LogP contribution in [0.3, 0.4) is 0 Å². The molecule has 0 aromatic heterocycles. The number of halogens is 2. The number of carbonyl (C=O) groups excluding carboxylic acids is 2. The van der Waals surface area contributed by atoms with Gasteiger partial charge in [0.1, 0.15) is 5.82 Å². The Hall–Kier alpha value is -2.74. The average molecular weight is 458 g/mol. The summed E-state index contributed by atoms with van der Waals surface area (Å²) in [5.41, 5.74) is 3.12. The van der Waals surface area contributed by atoms with E-state index in [1.165, 1.54) is 29.3 Å². The molecule has 1 fully saturated rings. The molecule has 1 N–H and O–H groups in total. The van der Waals surface area contributed by atoms with E-state index in [0.717, 1.165) is 24.2 Å². The van der Waals surface area contributed by atoms with Gasteiger partial charge in [0, 0.05) is 43.0 Å². The van der Waals surface area contributed by atoms with E-state index in [9.17, 15) is 14.0 Å². The lowest BCUT2D eigenvalue weighted by Crippen LogP contribution is -2.37. The molecule has 0 spiro atoms. The normalized spacial score (nSPS) is 19.3. The van der Waals surface area contributed by atoms with Crippen LogP contribution >= 0.6 is 11.6 Å². The van der Waals surface area contributed by atoms with Gasteiger partial charge in [0.2, 0.25) is 0 Å². The van der Waals surface area contributed by atoms with Gasteiger partial charge in [-0.2, -0.15) is 0 Å². The third-order valence-corrected chi connectivity index (χ3v) is 6.13. The van der Waals surface area contributed by atoms with E-state index in [1.807, 2.05) is 19.1 Å². The number of morpholine rings is 1. The number of carbonyl (C=O) groups is 2. The Morgan fingerprint density at radius 1 is 1.22 bits per heavy atom. The average Bonchev–Trinajstić information content (AvgIpc) is 2.78. The monoisotopic (exact) mass is 457 g/mol. The van der Waals surface area contributed by atoms with Crippen LogP contribution in [0.15, 0.2) is 48.7 Å². The van der Waals surface area contributed by atoms with Crippen molar-refractivity contribution in [2.24, 2.45) is 0 Å². The maximum Gasteiger partial charge on any atom is 0.326 e. The molecule has 0 saturated carbocycles. The van der Waals surface area contributed by atoms with Gasteiger partial charge in [0.25, 0.3) is 0 Å². The molecule has 6 nitrogen and oxygen atoms in total. The zero-order chi connectivity index (χ0) is 22.7. The second kappa shape index (κ2) is 9.81. The summed E-state index contributed by atoms with van der Waals surface area (Å²) in [7, 11) is 0. The molecule has 2 aromatic rings. The molecule has 1 atom stereocenters. The van der Waals surface area contributed by atoms with Gasteiger partial charge < -0.3 is 10.1 Å². The minimum absolute atomic E-state index is 0.0844. The summed E-state index contributed by atoms with van der Waals surface area (Å²) in [6.07, 6.45) is 3.00. The molecule has 2 aromatic carbocycles. The quantitative estimate of drug-likeness (QED) is 0.724. The van der Waals surface area contributed by atoms with E-state index < -0.39 is 6.04 Å². The Kier molecular flexibility index (Phi) is 6.89. The van der Waals surface area contributed by atoms with Crippen LogP contribution in [-0.2, 0) is 16.1 Å². The van der Waals surface area contributed by atoms with E-state index in [0.29, 0.717) is 36.0 Å². The van der Waals surface area contributed by atoms with Gasteiger partial charge in [-0.05, 0) is 54.0 Å². The number of ketones is 1. The number of allylic oxidation sites excluding steroid dienone is 1. The van der Waals surface area contributed by atoms with Crippen LogP contribution in [-0.4, -0.2) is 47.9 Å². The van der Waals surface area contributed by atoms with Crippen LogP contribution in [0.5, 0.6) is 0 Å². The topological polar surface area (TPSA) is 61.9 Å². The Labute approximate surface area is 191 Å². The number of anilines is 1. The molecule has 4 rings (SSSR count). The Balaban J connectivity index is 1.55. The minimum atomic E-state index is -0.506. The SMILES string of the molecule is Cc1cc(Cl)c(CN2CCOCC2)cc1NC(=O)N1C=CC(=O)CC1c1ccc(F)cc1. The van der Waals surface area contributed by atoms with Gasteiger partial charge in [-0.25, -0.2) is 9.18 Å². The first-order valence-electron chi connectivity index (χ1n) is 10.6. The molecular formula is C24H25ClFN3O3. The second-order valence-electron chi connectivity index (χ2n) is 8.04. The smallest absolute Gasteiger partial charge is 0.326 e. The van der Waals surface area contributed by atoms with Crippen LogP contribution in [0.25, 0.3) is 0 Å².